The highest BCUT2D eigenvalue weighted by molar-refractivity contribution is 5.84. The number of anilines is 1. The van der Waals surface area contributed by atoms with E-state index in [1.165, 1.54) is 5.57 Å². The number of hydrogen-bond acceptors (Lipinski definition) is 2. The van der Waals surface area contributed by atoms with E-state index in [2.05, 4.69) is 76.7 Å². The van der Waals surface area contributed by atoms with Gasteiger partial charge in [0, 0.05) is 24.8 Å². The summed E-state index contributed by atoms with van der Waals surface area (Å²) < 4.78 is 2.30. The first-order valence-corrected chi connectivity index (χ1v) is 8.61. The third-order valence-electron chi connectivity index (χ3n) is 4.54. The van der Waals surface area contributed by atoms with Crippen molar-refractivity contribution in [2.24, 2.45) is 0 Å². The number of nitrogens with zero attached hydrogens (tertiary/aromatic N) is 2. The SMILES string of the molecule is CNc1ccccc1-c1nc2ccccc2n1CC=C1C=CC=CC1. The Hall–Kier alpha value is -3.07. The van der Waals surface area contributed by atoms with Crippen LogP contribution in [0.1, 0.15) is 6.42 Å². The molecule has 4 rings (SSSR count). The molecule has 1 aliphatic rings. The van der Waals surface area contributed by atoms with Gasteiger partial charge in [0.25, 0.3) is 0 Å². The molecule has 1 aliphatic carbocycles. The minimum absolute atomic E-state index is 0.807. The van der Waals surface area contributed by atoms with E-state index in [0.717, 1.165) is 41.1 Å². The molecule has 25 heavy (non-hydrogen) atoms. The van der Waals surface area contributed by atoms with Crippen LogP contribution in [0.5, 0.6) is 0 Å². The van der Waals surface area contributed by atoms with Crippen LogP contribution in [0.3, 0.4) is 0 Å². The van der Waals surface area contributed by atoms with Gasteiger partial charge in [-0.3, -0.25) is 0 Å². The van der Waals surface area contributed by atoms with Gasteiger partial charge in [-0.2, -0.15) is 0 Å². The summed E-state index contributed by atoms with van der Waals surface area (Å²) in [5, 5.41) is 3.28. The average Bonchev–Trinajstić information content (AvgIpc) is 3.05. The first-order chi connectivity index (χ1) is 12.4. The summed E-state index contributed by atoms with van der Waals surface area (Å²) >= 11 is 0. The second-order valence-corrected chi connectivity index (χ2v) is 6.10. The number of rotatable bonds is 4. The fourth-order valence-corrected chi connectivity index (χ4v) is 3.25. The number of allylic oxidation sites excluding steroid dienone is 6. The first kappa shape index (κ1) is 15.5. The molecule has 124 valence electrons. The Labute approximate surface area is 148 Å². The molecule has 3 nitrogen and oxygen atoms in total. The Morgan fingerprint density at radius 3 is 2.76 bits per heavy atom. The van der Waals surface area contributed by atoms with Crippen LogP contribution < -0.4 is 5.32 Å². The van der Waals surface area contributed by atoms with Crippen LogP contribution in [0.2, 0.25) is 0 Å². The molecule has 1 heterocycles. The Kier molecular flexibility index (Phi) is 4.21. The van der Waals surface area contributed by atoms with Crippen LogP contribution in [0.25, 0.3) is 22.4 Å². The monoisotopic (exact) mass is 327 g/mol. The number of nitrogens with one attached hydrogen (secondary N) is 1. The van der Waals surface area contributed by atoms with Crippen molar-refractivity contribution in [3.8, 4) is 11.4 Å². The number of benzene rings is 2. The maximum absolute atomic E-state index is 4.92. The van der Waals surface area contributed by atoms with Crippen LogP contribution in [0, 0.1) is 0 Å². The fourth-order valence-electron chi connectivity index (χ4n) is 3.25. The fraction of sp³-hybridized carbons (Fsp3) is 0.136. The van der Waals surface area contributed by atoms with Crippen molar-refractivity contribution in [2.75, 3.05) is 12.4 Å². The molecule has 0 bridgehead atoms. The van der Waals surface area contributed by atoms with E-state index in [0.29, 0.717) is 0 Å². The molecule has 0 fully saturated rings. The Bertz CT molecular complexity index is 989. The van der Waals surface area contributed by atoms with Crippen molar-refractivity contribution in [3.63, 3.8) is 0 Å². The van der Waals surface area contributed by atoms with Crippen molar-refractivity contribution < 1.29 is 0 Å². The molecular formula is C22H21N3. The summed E-state index contributed by atoms with van der Waals surface area (Å²) in [6.07, 6.45) is 11.8. The first-order valence-electron chi connectivity index (χ1n) is 8.61. The van der Waals surface area contributed by atoms with Gasteiger partial charge >= 0.3 is 0 Å². The minimum Gasteiger partial charge on any atom is -0.388 e. The summed E-state index contributed by atoms with van der Waals surface area (Å²) in [6.45, 7) is 0.807. The van der Waals surface area contributed by atoms with E-state index in [-0.39, 0.29) is 0 Å². The standard InChI is InChI=1S/C22H21N3/c1-23-19-12-6-5-11-18(19)22-24-20-13-7-8-14-21(20)25(22)16-15-17-9-3-2-4-10-17/h2-9,11-15,23H,10,16H2,1H3. The van der Waals surface area contributed by atoms with Crippen molar-refractivity contribution in [2.45, 2.75) is 13.0 Å². The van der Waals surface area contributed by atoms with Crippen molar-refractivity contribution >= 4 is 16.7 Å². The maximum atomic E-state index is 4.92. The highest BCUT2D eigenvalue weighted by atomic mass is 15.1. The zero-order chi connectivity index (χ0) is 17.1. The molecule has 3 aromatic rings. The van der Waals surface area contributed by atoms with Crippen LogP contribution >= 0.6 is 0 Å². The van der Waals surface area contributed by atoms with Crippen LogP contribution in [0.15, 0.2) is 84.5 Å². The lowest BCUT2D eigenvalue weighted by atomic mass is 10.1. The van der Waals surface area contributed by atoms with Crippen molar-refractivity contribution in [1.82, 2.24) is 9.55 Å². The normalized spacial score (nSPS) is 15.2. The summed E-state index contributed by atoms with van der Waals surface area (Å²) in [5.41, 5.74) is 5.75. The largest absolute Gasteiger partial charge is 0.388 e. The maximum Gasteiger partial charge on any atom is 0.143 e. The topological polar surface area (TPSA) is 29.9 Å². The molecule has 0 saturated carbocycles. The predicted molar refractivity (Wildman–Crippen MR) is 106 cm³/mol. The molecule has 0 saturated heterocycles. The molecule has 1 N–H and O–H groups in total. The van der Waals surface area contributed by atoms with E-state index in [9.17, 15) is 0 Å². The number of hydrogen-bond donors (Lipinski definition) is 1. The van der Waals surface area contributed by atoms with Crippen LogP contribution in [-0.2, 0) is 6.54 Å². The summed E-state index contributed by atoms with van der Waals surface area (Å²) in [5.74, 6) is 0.998. The van der Waals surface area contributed by atoms with Crippen LogP contribution in [0.4, 0.5) is 5.69 Å². The zero-order valence-electron chi connectivity index (χ0n) is 14.3. The van der Waals surface area contributed by atoms with Gasteiger partial charge in [-0.1, -0.05) is 54.6 Å². The Morgan fingerprint density at radius 2 is 1.92 bits per heavy atom. The van der Waals surface area contributed by atoms with Gasteiger partial charge in [0.1, 0.15) is 5.82 Å². The Morgan fingerprint density at radius 1 is 1.08 bits per heavy atom. The van der Waals surface area contributed by atoms with Crippen LogP contribution in [-0.4, -0.2) is 16.6 Å². The third-order valence-corrected chi connectivity index (χ3v) is 4.54. The van der Waals surface area contributed by atoms with Crippen molar-refractivity contribution in [1.29, 1.82) is 0 Å². The summed E-state index contributed by atoms with van der Waals surface area (Å²) in [7, 11) is 1.95. The van der Waals surface area contributed by atoms with E-state index in [1.807, 2.05) is 19.2 Å². The van der Waals surface area contributed by atoms with Gasteiger partial charge in [-0.05, 0) is 36.3 Å². The highest BCUT2D eigenvalue weighted by Gasteiger charge is 2.14. The molecule has 0 amide bonds. The lowest BCUT2D eigenvalue weighted by Gasteiger charge is -2.12. The van der Waals surface area contributed by atoms with Gasteiger partial charge < -0.3 is 9.88 Å². The second-order valence-electron chi connectivity index (χ2n) is 6.10. The van der Waals surface area contributed by atoms with E-state index in [4.69, 9.17) is 4.98 Å². The highest BCUT2D eigenvalue weighted by Crippen LogP contribution is 2.30. The molecule has 0 radical (unpaired) electrons. The third kappa shape index (κ3) is 3.01. The molecule has 0 unspecified atom stereocenters. The molecule has 0 spiro atoms. The molecular weight excluding hydrogens is 306 g/mol. The second kappa shape index (κ2) is 6.81. The van der Waals surface area contributed by atoms with E-state index < -0.39 is 0 Å². The number of para-hydroxylation sites is 3. The smallest absolute Gasteiger partial charge is 0.143 e. The molecule has 1 aromatic heterocycles. The molecule has 0 atom stereocenters. The van der Waals surface area contributed by atoms with Gasteiger partial charge in [0.2, 0.25) is 0 Å². The number of aromatic nitrogens is 2. The minimum atomic E-state index is 0.807. The summed E-state index contributed by atoms with van der Waals surface area (Å²) in [6, 6.07) is 16.7. The van der Waals surface area contributed by atoms with Gasteiger partial charge in [0.15, 0.2) is 0 Å². The predicted octanol–water partition coefficient (Wildman–Crippen LogP) is 5.19. The molecule has 2 aromatic carbocycles. The Balaban J connectivity index is 1.84. The molecule has 3 heteroatoms. The quantitative estimate of drug-likeness (QED) is 0.715. The lowest BCUT2D eigenvalue weighted by molar-refractivity contribution is 0.853. The number of fused-ring (bicyclic) bond motifs is 1. The lowest BCUT2D eigenvalue weighted by Crippen LogP contribution is -2.02. The number of imidazole rings is 1. The van der Waals surface area contributed by atoms with Gasteiger partial charge in [-0.15, -0.1) is 0 Å². The summed E-state index contributed by atoms with van der Waals surface area (Å²) in [4.78, 5) is 4.92. The van der Waals surface area contributed by atoms with Crippen molar-refractivity contribution in [3.05, 3.63) is 84.5 Å². The van der Waals surface area contributed by atoms with E-state index >= 15 is 0 Å². The van der Waals surface area contributed by atoms with Gasteiger partial charge in [-0.25, -0.2) is 4.98 Å². The average molecular weight is 327 g/mol. The van der Waals surface area contributed by atoms with E-state index in [1.54, 1.807) is 0 Å². The molecule has 0 aliphatic heterocycles. The zero-order valence-corrected chi connectivity index (χ0v) is 14.3. The van der Waals surface area contributed by atoms with Gasteiger partial charge in [0.05, 0.1) is 11.0 Å².